The van der Waals surface area contributed by atoms with Crippen molar-refractivity contribution in [3.8, 4) is 0 Å². The van der Waals surface area contributed by atoms with E-state index in [0.717, 1.165) is 81.7 Å². The summed E-state index contributed by atoms with van der Waals surface area (Å²) in [5, 5.41) is 16.9. The zero-order valence-electron chi connectivity index (χ0n) is 35.5. The molecular weight excluding hydrogens is 833 g/mol. The quantitative estimate of drug-likeness (QED) is 0.114. The summed E-state index contributed by atoms with van der Waals surface area (Å²) in [6.45, 7) is 3.75. The molecule has 6 aliphatic rings. The molecule has 5 amide bonds. The van der Waals surface area contributed by atoms with Crippen LogP contribution in [0.5, 0.6) is 0 Å². The van der Waals surface area contributed by atoms with Gasteiger partial charge in [-0.2, -0.15) is 10.2 Å². The number of hydrogen-bond acceptors (Lipinski definition) is 13. The molecule has 3 aromatic heterocycles. The van der Waals surface area contributed by atoms with E-state index < -0.39 is 47.7 Å². The van der Waals surface area contributed by atoms with Crippen LogP contribution in [0.1, 0.15) is 113 Å². The fourth-order valence-corrected chi connectivity index (χ4v) is 10.3. The van der Waals surface area contributed by atoms with Crippen molar-refractivity contribution in [1.29, 1.82) is 0 Å². The van der Waals surface area contributed by atoms with E-state index in [2.05, 4.69) is 43.0 Å². The van der Waals surface area contributed by atoms with Gasteiger partial charge in [0.25, 0.3) is 24.1 Å². The average molecular weight is 884 g/mol. The molecule has 2 saturated carbocycles. The Balaban J connectivity index is 0.653. The van der Waals surface area contributed by atoms with Crippen LogP contribution in [0.25, 0.3) is 5.65 Å². The highest BCUT2D eigenvalue weighted by molar-refractivity contribution is 6.25. The maximum absolute atomic E-state index is 14.3. The predicted octanol–water partition coefficient (Wildman–Crippen LogP) is 4.21. The first kappa shape index (κ1) is 42.1. The van der Waals surface area contributed by atoms with Crippen LogP contribution in [0, 0.1) is 5.92 Å². The Morgan fingerprint density at radius 2 is 1.86 bits per heavy atom. The molecule has 10 rings (SSSR count). The van der Waals surface area contributed by atoms with Gasteiger partial charge in [0.05, 0.1) is 53.9 Å². The van der Waals surface area contributed by atoms with Crippen LogP contribution in [-0.4, -0.2) is 134 Å². The number of nitrogens with one attached hydrogen (secondary N) is 3. The van der Waals surface area contributed by atoms with Crippen molar-refractivity contribution < 1.29 is 42.2 Å². The molecular formula is C44H51F2N11O7. The second-order valence-electron chi connectivity index (χ2n) is 18.0. The number of imide groups is 2. The molecule has 338 valence electrons. The summed E-state index contributed by atoms with van der Waals surface area (Å²) in [6.07, 6.45) is 8.95. The zero-order chi connectivity index (χ0) is 44.2. The summed E-state index contributed by atoms with van der Waals surface area (Å²) in [5.41, 5.74) is 1.10. The summed E-state index contributed by atoms with van der Waals surface area (Å²) >= 11 is 0. The first-order valence-corrected chi connectivity index (χ1v) is 22.3. The lowest BCUT2D eigenvalue weighted by Crippen LogP contribution is -2.54. The molecule has 2 bridgehead atoms. The maximum atomic E-state index is 14.3. The number of morpholine rings is 1. The fraction of sp³-hybridized carbons (Fsp3) is 0.545. The maximum Gasteiger partial charge on any atom is 0.284 e. The van der Waals surface area contributed by atoms with Crippen LogP contribution in [0.15, 0.2) is 42.9 Å². The normalized spacial score (nSPS) is 26.6. The Bertz CT molecular complexity index is 2480. The fourth-order valence-electron chi connectivity index (χ4n) is 10.3. The second kappa shape index (κ2) is 17.3. The molecule has 18 nitrogen and oxygen atoms in total. The summed E-state index contributed by atoms with van der Waals surface area (Å²) in [6, 6.07) is 6.15. The Morgan fingerprint density at radius 1 is 1.03 bits per heavy atom. The van der Waals surface area contributed by atoms with Crippen LogP contribution in [0.4, 0.5) is 26.0 Å². The zero-order valence-corrected chi connectivity index (χ0v) is 35.5. The molecule has 4 aliphatic heterocycles. The second-order valence-corrected chi connectivity index (χ2v) is 18.0. The van der Waals surface area contributed by atoms with Gasteiger partial charge in [-0.25, -0.2) is 18.3 Å². The van der Waals surface area contributed by atoms with Crippen LogP contribution < -0.4 is 20.9 Å². The third-order valence-electron chi connectivity index (χ3n) is 13.7. The Kier molecular flexibility index (Phi) is 11.4. The lowest BCUT2D eigenvalue weighted by atomic mass is 9.86. The van der Waals surface area contributed by atoms with E-state index in [1.54, 1.807) is 29.1 Å². The Morgan fingerprint density at radius 3 is 2.61 bits per heavy atom. The van der Waals surface area contributed by atoms with Gasteiger partial charge in [0.2, 0.25) is 11.8 Å². The van der Waals surface area contributed by atoms with E-state index >= 15 is 0 Å². The van der Waals surface area contributed by atoms with Crippen molar-refractivity contribution >= 4 is 52.4 Å². The van der Waals surface area contributed by atoms with Gasteiger partial charge in [0.1, 0.15) is 17.4 Å². The van der Waals surface area contributed by atoms with Crippen molar-refractivity contribution in [2.75, 3.05) is 55.4 Å². The van der Waals surface area contributed by atoms with E-state index in [1.165, 1.54) is 16.9 Å². The number of amides is 5. The molecule has 4 aromatic rings. The van der Waals surface area contributed by atoms with Crippen molar-refractivity contribution in [2.24, 2.45) is 5.92 Å². The summed E-state index contributed by atoms with van der Waals surface area (Å²) in [5.74, 6) is -1.51. The SMILES string of the molecule is CN(CCCO[C@H]1C[C@H](Nc2cccc3c2C(=O)N(C2CCC(=O)NC2=O)C3=O)C1)C[C@H]1CC[C@H](n2cc(NC(=O)c3cnn4ccc(N5C[C@H]6C[C@@H]5CO6)nc34)c(C(F)F)n2)CC1. The number of rotatable bonds is 15. The number of anilines is 3. The molecule has 0 radical (unpaired) electrons. The highest BCUT2D eigenvalue weighted by Gasteiger charge is 2.46. The first-order valence-electron chi connectivity index (χ1n) is 22.3. The van der Waals surface area contributed by atoms with Gasteiger partial charge in [-0.15, -0.1) is 0 Å². The molecule has 2 aliphatic carbocycles. The number of ether oxygens (including phenoxy) is 2. The molecule has 7 heterocycles. The molecule has 1 unspecified atom stereocenters. The molecule has 3 saturated heterocycles. The van der Waals surface area contributed by atoms with Gasteiger partial charge in [-0.05, 0) is 89.0 Å². The lowest BCUT2D eigenvalue weighted by molar-refractivity contribution is -0.136. The van der Waals surface area contributed by atoms with E-state index in [-0.39, 0.29) is 65.6 Å². The third kappa shape index (κ3) is 8.10. The van der Waals surface area contributed by atoms with Crippen LogP contribution in [0.3, 0.4) is 0 Å². The van der Waals surface area contributed by atoms with Gasteiger partial charge in [-0.1, -0.05) is 6.07 Å². The molecule has 3 atom stereocenters. The largest absolute Gasteiger partial charge is 0.381 e. The van der Waals surface area contributed by atoms with E-state index in [9.17, 15) is 32.8 Å². The Hall–Kier alpha value is -5.86. The summed E-state index contributed by atoms with van der Waals surface area (Å²) in [4.78, 5) is 74.4. The number of benzene rings is 1. The number of fused-ring (bicyclic) bond motifs is 4. The highest BCUT2D eigenvalue weighted by atomic mass is 19.3. The minimum Gasteiger partial charge on any atom is -0.381 e. The average Bonchev–Trinajstić information content (AvgIpc) is 4.12. The number of nitrogens with zero attached hydrogens (tertiary/aromatic N) is 8. The summed E-state index contributed by atoms with van der Waals surface area (Å²) in [7, 11) is 2.10. The number of carbonyl (C=O) groups excluding carboxylic acids is 5. The standard InChI is InChI=1S/C44H51F2N11O7/c1-53(13-3-15-63-28-16-25(17-28)48-32-5-2-4-30-37(32)44(62)57(43(30)61)34-10-11-36(58)51-42(34)60)20-24-6-8-26(9-7-24)56-22-33(38(52-56)39(45)46)49-41(59)31-19-47-55-14-12-35(50-40(31)55)54-21-29-18-27(54)23-64-29/h2,4-5,12,14,19,22,24-29,34,39,48H,3,6-11,13,15-18,20-21,23H2,1H3,(H,49,59)(H,51,58,60)/t24-,25-,26-,27-,28-,29-,34?/m1/s1. The predicted molar refractivity (Wildman–Crippen MR) is 226 cm³/mol. The molecule has 64 heavy (non-hydrogen) atoms. The van der Waals surface area contributed by atoms with Gasteiger partial charge >= 0.3 is 0 Å². The molecule has 20 heteroatoms. The van der Waals surface area contributed by atoms with Crippen LogP contribution >= 0.6 is 0 Å². The van der Waals surface area contributed by atoms with Crippen molar-refractivity contribution in [2.45, 2.75) is 107 Å². The van der Waals surface area contributed by atoms with Crippen molar-refractivity contribution in [3.05, 3.63) is 65.2 Å². The van der Waals surface area contributed by atoms with E-state index in [4.69, 9.17) is 14.5 Å². The van der Waals surface area contributed by atoms with Gasteiger partial charge in [0, 0.05) is 56.8 Å². The van der Waals surface area contributed by atoms with Gasteiger partial charge in [-0.3, -0.25) is 38.9 Å². The monoisotopic (exact) mass is 883 g/mol. The number of piperidine rings is 1. The van der Waals surface area contributed by atoms with Crippen LogP contribution in [-0.2, 0) is 19.1 Å². The lowest BCUT2D eigenvalue weighted by Gasteiger charge is -2.36. The Labute approximate surface area is 367 Å². The van der Waals surface area contributed by atoms with Crippen molar-refractivity contribution in [3.63, 3.8) is 0 Å². The third-order valence-corrected chi connectivity index (χ3v) is 13.7. The number of alkyl halides is 2. The minimum absolute atomic E-state index is 0.0177. The molecule has 5 fully saturated rings. The molecule has 0 spiro atoms. The number of carbonyl (C=O) groups is 5. The van der Waals surface area contributed by atoms with Crippen molar-refractivity contribution in [1.82, 2.24) is 39.5 Å². The number of aromatic nitrogens is 5. The topological polar surface area (TPSA) is 198 Å². The van der Waals surface area contributed by atoms with Gasteiger partial charge < -0.3 is 29.9 Å². The first-order chi connectivity index (χ1) is 31.0. The smallest absolute Gasteiger partial charge is 0.284 e. The molecule has 3 N–H and O–H groups in total. The number of hydrogen-bond donors (Lipinski definition) is 3. The van der Waals surface area contributed by atoms with Crippen LogP contribution in [0.2, 0.25) is 0 Å². The van der Waals surface area contributed by atoms with E-state index in [1.807, 2.05) is 6.07 Å². The molecule has 1 aromatic carbocycles. The highest BCUT2D eigenvalue weighted by Crippen LogP contribution is 2.38. The van der Waals surface area contributed by atoms with E-state index in [0.29, 0.717) is 30.5 Å². The van der Waals surface area contributed by atoms with Gasteiger partial charge in [0.15, 0.2) is 11.3 Å². The summed E-state index contributed by atoms with van der Waals surface area (Å²) < 4.78 is 43.5. The minimum atomic E-state index is -2.87. The number of halogens is 2.